The van der Waals surface area contributed by atoms with Crippen LogP contribution in [-0.4, -0.2) is 60.5 Å². The van der Waals surface area contributed by atoms with Crippen LogP contribution in [0.1, 0.15) is 41.8 Å². The summed E-state index contributed by atoms with van der Waals surface area (Å²) in [6, 6.07) is 11.4. The minimum atomic E-state index is -0.431. The summed E-state index contributed by atoms with van der Waals surface area (Å²) in [5.41, 5.74) is 3.94. The van der Waals surface area contributed by atoms with Crippen LogP contribution in [0.5, 0.6) is 5.75 Å². The molecule has 1 aliphatic heterocycles. The topological polar surface area (TPSA) is 70.6 Å². The molecule has 0 amide bonds. The van der Waals surface area contributed by atoms with Gasteiger partial charge in [-0.15, -0.1) is 0 Å². The number of carbonyl (C=O) groups excluding carboxylic acids is 1. The number of aromatic nitrogens is 2. The quantitative estimate of drug-likeness (QED) is 0.405. The monoisotopic (exact) mass is 491 g/mol. The minimum Gasteiger partial charge on any atom is -0.494 e. The predicted molar refractivity (Wildman–Crippen MR) is 141 cm³/mol. The molecule has 0 spiro atoms. The number of benzene rings is 2. The van der Waals surface area contributed by atoms with Gasteiger partial charge < -0.3 is 19.9 Å². The molecule has 36 heavy (non-hydrogen) atoms. The average molecular weight is 492 g/mol. The average Bonchev–Trinajstić information content (AvgIpc) is 2.93. The number of aryl methyl sites for hydroxylation is 2. The highest BCUT2D eigenvalue weighted by atomic mass is 19.1. The molecule has 1 saturated heterocycles. The van der Waals surface area contributed by atoms with Crippen LogP contribution in [0.15, 0.2) is 48.8 Å². The first-order chi connectivity index (χ1) is 17.5. The van der Waals surface area contributed by atoms with Crippen LogP contribution < -0.4 is 15.0 Å². The fourth-order valence-corrected chi connectivity index (χ4v) is 4.39. The van der Waals surface area contributed by atoms with Crippen molar-refractivity contribution >= 4 is 23.1 Å². The minimum absolute atomic E-state index is 0.0413. The van der Waals surface area contributed by atoms with E-state index >= 15 is 0 Å². The molecule has 1 aliphatic rings. The van der Waals surface area contributed by atoms with Crippen molar-refractivity contribution < 1.29 is 13.9 Å². The normalized spacial score (nSPS) is 14.1. The molecule has 8 heteroatoms. The Hall–Kier alpha value is -3.52. The SMILES string of the molecule is CCC(=O)c1cc(CCc2cnc(Nc3ccc(N4CCN(CC)CC4)cc3)nc2)c(F)c(OC)c1. The third-order valence-electron chi connectivity index (χ3n) is 6.67. The highest BCUT2D eigenvalue weighted by Gasteiger charge is 2.16. The molecule has 1 aromatic heterocycles. The molecule has 190 valence electrons. The van der Waals surface area contributed by atoms with Crippen molar-refractivity contribution in [2.75, 3.05) is 50.1 Å². The van der Waals surface area contributed by atoms with Gasteiger partial charge in [-0.3, -0.25) is 4.79 Å². The fraction of sp³-hybridized carbons (Fsp3) is 0.393. The van der Waals surface area contributed by atoms with E-state index in [9.17, 15) is 9.18 Å². The zero-order valence-electron chi connectivity index (χ0n) is 21.3. The van der Waals surface area contributed by atoms with Crippen LogP contribution in [0, 0.1) is 5.82 Å². The zero-order chi connectivity index (χ0) is 25.5. The summed E-state index contributed by atoms with van der Waals surface area (Å²) in [6.07, 6.45) is 4.80. The summed E-state index contributed by atoms with van der Waals surface area (Å²) in [7, 11) is 1.41. The van der Waals surface area contributed by atoms with Crippen LogP contribution >= 0.6 is 0 Å². The first kappa shape index (κ1) is 25.6. The van der Waals surface area contributed by atoms with E-state index in [1.165, 1.54) is 18.9 Å². The van der Waals surface area contributed by atoms with E-state index in [-0.39, 0.29) is 11.5 Å². The Labute approximate surface area is 212 Å². The molecular weight excluding hydrogens is 457 g/mol. The van der Waals surface area contributed by atoms with Crippen molar-refractivity contribution in [2.24, 2.45) is 0 Å². The highest BCUT2D eigenvalue weighted by Crippen LogP contribution is 2.25. The molecule has 4 rings (SSSR count). The molecule has 0 saturated carbocycles. The molecule has 0 unspecified atom stereocenters. The number of halogens is 1. The molecule has 0 aliphatic carbocycles. The van der Waals surface area contributed by atoms with Gasteiger partial charge >= 0.3 is 0 Å². The van der Waals surface area contributed by atoms with Crippen LogP contribution in [0.25, 0.3) is 0 Å². The Balaban J connectivity index is 1.35. The number of methoxy groups -OCH3 is 1. The molecular formula is C28H34FN5O2. The number of hydrogen-bond donors (Lipinski definition) is 1. The lowest BCUT2D eigenvalue weighted by atomic mass is 10.00. The molecule has 7 nitrogen and oxygen atoms in total. The Kier molecular flexibility index (Phi) is 8.48. The van der Waals surface area contributed by atoms with Crippen LogP contribution in [0.4, 0.5) is 21.7 Å². The highest BCUT2D eigenvalue weighted by molar-refractivity contribution is 5.96. The van der Waals surface area contributed by atoms with Gasteiger partial charge in [-0.25, -0.2) is 14.4 Å². The van der Waals surface area contributed by atoms with Gasteiger partial charge in [-0.2, -0.15) is 0 Å². The second-order valence-corrected chi connectivity index (χ2v) is 8.94. The molecule has 2 heterocycles. The summed E-state index contributed by atoms with van der Waals surface area (Å²) in [5, 5.41) is 3.24. The third-order valence-corrected chi connectivity index (χ3v) is 6.67. The molecule has 1 fully saturated rings. The smallest absolute Gasteiger partial charge is 0.227 e. The van der Waals surface area contributed by atoms with Crippen LogP contribution in [-0.2, 0) is 12.8 Å². The number of Topliss-reactive ketones (excluding diaryl/α,β-unsaturated/α-hetero) is 1. The summed E-state index contributed by atoms with van der Waals surface area (Å²) in [5.74, 6) is 0.126. The second kappa shape index (κ2) is 11.9. The molecule has 0 bridgehead atoms. The molecule has 0 atom stereocenters. The van der Waals surface area contributed by atoms with Crippen molar-refractivity contribution in [1.82, 2.24) is 14.9 Å². The van der Waals surface area contributed by atoms with Crippen molar-refractivity contribution in [1.29, 1.82) is 0 Å². The fourth-order valence-electron chi connectivity index (χ4n) is 4.39. The third kappa shape index (κ3) is 6.18. The van der Waals surface area contributed by atoms with Gasteiger partial charge in [-0.05, 0) is 66.9 Å². The van der Waals surface area contributed by atoms with Gasteiger partial charge in [0.25, 0.3) is 0 Å². The molecule has 1 N–H and O–H groups in total. The molecule has 3 aromatic rings. The van der Waals surface area contributed by atoms with Gasteiger partial charge in [0, 0.05) is 61.9 Å². The van der Waals surface area contributed by atoms with E-state index in [1.807, 2.05) is 12.1 Å². The lowest BCUT2D eigenvalue weighted by Crippen LogP contribution is -2.46. The number of ketones is 1. The number of carbonyl (C=O) groups is 1. The van der Waals surface area contributed by atoms with E-state index in [4.69, 9.17) is 4.74 Å². The van der Waals surface area contributed by atoms with Crippen molar-refractivity contribution in [3.05, 3.63) is 71.3 Å². The van der Waals surface area contributed by atoms with Gasteiger partial charge in [-0.1, -0.05) is 13.8 Å². The largest absolute Gasteiger partial charge is 0.494 e. The first-order valence-corrected chi connectivity index (χ1v) is 12.6. The van der Waals surface area contributed by atoms with E-state index in [2.05, 4.69) is 44.1 Å². The second-order valence-electron chi connectivity index (χ2n) is 8.94. The number of rotatable bonds is 10. The van der Waals surface area contributed by atoms with Crippen LogP contribution in [0.2, 0.25) is 0 Å². The van der Waals surface area contributed by atoms with Gasteiger partial charge in [0.1, 0.15) is 0 Å². The zero-order valence-corrected chi connectivity index (χ0v) is 21.3. The number of ether oxygens (including phenoxy) is 1. The Morgan fingerprint density at radius 1 is 1.03 bits per heavy atom. The van der Waals surface area contributed by atoms with Crippen molar-refractivity contribution in [3.8, 4) is 5.75 Å². The maximum absolute atomic E-state index is 14.7. The lowest BCUT2D eigenvalue weighted by molar-refractivity contribution is 0.0987. The number of hydrogen-bond acceptors (Lipinski definition) is 7. The summed E-state index contributed by atoms with van der Waals surface area (Å²) >= 11 is 0. The standard InChI is InChI=1S/C28H34FN5O2/c1-4-25(35)22-16-21(27(29)26(17-22)36-3)7-6-20-18-30-28(31-19-20)32-23-8-10-24(11-9-23)34-14-12-33(5-2)13-15-34/h8-11,16-19H,4-7,12-15H2,1-3H3,(H,30,31,32). The molecule has 2 aromatic carbocycles. The number of anilines is 3. The van der Waals surface area contributed by atoms with Gasteiger partial charge in [0.05, 0.1) is 7.11 Å². The van der Waals surface area contributed by atoms with E-state index < -0.39 is 5.82 Å². The van der Waals surface area contributed by atoms with E-state index in [1.54, 1.807) is 25.4 Å². The Morgan fingerprint density at radius 3 is 2.33 bits per heavy atom. The predicted octanol–water partition coefficient (Wildman–Crippen LogP) is 4.89. The maximum Gasteiger partial charge on any atom is 0.227 e. The van der Waals surface area contributed by atoms with Gasteiger partial charge in [0.2, 0.25) is 5.95 Å². The number of likely N-dealkylation sites (N-methyl/N-ethyl adjacent to an activating group) is 1. The van der Waals surface area contributed by atoms with Gasteiger partial charge in [0.15, 0.2) is 17.3 Å². The van der Waals surface area contributed by atoms with Crippen molar-refractivity contribution in [2.45, 2.75) is 33.1 Å². The number of nitrogens with zero attached hydrogens (tertiary/aromatic N) is 4. The van der Waals surface area contributed by atoms with E-state index in [0.717, 1.165) is 44.0 Å². The Bertz CT molecular complexity index is 1160. The van der Waals surface area contributed by atoms with Crippen molar-refractivity contribution in [3.63, 3.8) is 0 Å². The number of nitrogens with one attached hydrogen (secondary N) is 1. The summed E-state index contributed by atoms with van der Waals surface area (Å²) < 4.78 is 19.9. The van der Waals surface area contributed by atoms with Crippen LogP contribution in [0.3, 0.4) is 0 Å². The summed E-state index contributed by atoms with van der Waals surface area (Å²) in [6.45, 7) is 9.37. The summed E-state index contributed by atoms with van der Waals surface area (Å²) in [4.78, 5) is 25.8. The van der Waals surface area contributed by atoms with E-state index in [0.29, 0.717) is 36.3 Å². The number of piperazine rings is 1. The maximum atomic E-state index is 14.7. The molecule has 0 radical (unpaired) electrons. The first-order valence-electron chi connectivity index (χ1n) is 12.6. The lowest BCUT2D eigenvalue weighted by Gasteiger charge is -2.35. The Morgan fingerprint density at radius 2 is 1.72 bits per heavy atom.